The van der Waals surface area contributed by atoms with Crippen LogP contribution in [0, 0.1) is 0 Å². The maximum Gasteiger partial charge on any atom is 0.0386 e. The van der Waals surface area contributed by atoms with E-state index in [1.165, 1.54) is 5.69 Å². The van der Waals surface area contributed by atoms with E-state index in [0.29, 0.717) is 6.04 Å². The molecule has 14 heavy (non-hydrogen) atoms. The molecule has 0 bridgehead atoms. The second-order valence-electron chi connectivity index (χ2n) is 3.92. The zero-order valence-electron chi connectivity index (χ0n) is 8.32. The molecule has 1 aromatic carbocycles. The molecular weight excluding hydrogens is 174 g/mol. The molecule has 3 heteroatoms. The van der Waals surface area contributed by atoms with Crippen molar-refractivity contribution >= 4 is 11.4 Å². The van der Waals surface area contributed by atoms with E-state index in [-0.39, 0.29) is 0 Å². The van der Waals surface area contributed by atoms with Crippen LogP contribution in [0.3, 0.4) is 0 Å². The van der Waals surface area contributed by atoms with E-state index in [1.54, 1.807) is 0 Å². The molecule has 0 unspecified atom stereocenters. The molecule has 1 saturated heterocycles. The summed E-state index contributed by atoms with van der Waals surface area (Å²) in [4.78, 5) is 2.35. The molecule has 3 nitrogen and oxygen atoms in total. The summed E-state index contributed by atoms with van der Waals surface area (Å²) in [6.45, 7) is 2.09. The van der Waals surface area contributed by atoms with Gasteiger partial charge in [0.15, 0.2) is 0 Å². The Balaban J connectivity index is 2.08. The topological polar surface area (TPSA) is 55.3 Å². The lowest BCUT2D eigenvalue weighted by Crippen LogP contribution is -2.39. The summed E-state index contributed by atoms with van der Waals surface area (Å²) in [5, 5.41) is 0. The molecule has 1 aliphatic heterocycles. The molecule has 1 aromatic rings. The minimum absolute atomic E-state index is 0.382. The fraction of sp³-hybridized carbons (Fsp3) is 0.455. The Bertz CT molecular complexity index is 303. The lowest BCUT2D eigenvalue weighted by Gasteiger charge is -2.32. The minimum atomic E-state index is 0.382. The predicted octanol–water partition coefficient (Wildman–Crippen LogP) is 1.20. The van der Waals surface area contributed by atoms with E-state index in [9.17, 15) is 0 Å². The van der Waals surface area contributed by atoms with Crippen LogP contribution in [0.5, 0.6) is 0 Å². The van der Waals surface area contributed by atoms with Gasteiger partial charge < -0.3 is 16.4 Å². The first-order chi connectivity index (χ1) is 6.75. The van der Waals surface area contributed by atoms with Crippen molar-refractivity contribution in [3.05, 3.63) is 24.3 Å². The van der Waals surface area contributed by atoms with Crippen molar-refractivity contribution < 1.29 is 0 Å². The third-order valence-electron chi connectivity index (χ3n) is 2.77. The SMILES string of the molecule is Nc1cccc(N2CCC(N)CC2)c1. The molecule has 0 aliphatic carbocycles. The van der Waals surface area contributed by atoms with Gasteiger partial charge >= 0.3 is 0 Å². The van der Waals surface area contributed by atoms with E-state index in [0.717, 1.165) is 31.6 Å². The summed E-state index contributed by atoms with van der Waals surface area (Å²) in [7, 11) is 0. The number of anilines is 2. The summed E-state index contributed by atoms with van der Waals surface area (Å²) in [5.74, 6) is 0. The highest BCUT2D eigenvalue weighted by Gasteiger charge is 2.15. The third-order valence-corrected chi connectivity index (χ3v) is 2.77. The molecule has 2 rings (SSSR count). The monoisotopic (exact) mass is 191 g/mol. The number of nitrogen functional groups attached to an aromatic ring is 1. The van der Waals surface area contributed by atoms with Crippen LogP contribution in [0.4, 0.5) is 11.4 Å². The van der Waals surface area contributed by atoms with Crippen molar-refractivity contribution in [2.75, 3.05) is 23.7 Å². The van der Waals surface area contributed by atoms with Crippen molar-refractivity contribution in [2.24, 2.45) is 5.73 Å². The number of hydrogen-bond donors (Lipinski definition) is 2. The smallest absolute Gasteiger partial charge is 0.0386 e. The maximum atomic E-state index is 5.85. The molecule has 0 aromatic heterocycles. The van der Waals surface area contributed by atoms with Crippen molar-refractivity contribution in [3.8, 4) is 0 Å². The summed E-state index contributed by atoms with van der Waals surface area (Å²) >= 11 is 0. The van der Waals surface area contributed by atoms with E-state index >= 15 is 0 Å². The average Bonchev–Trinajstić information content (AvgIpc) is 2.19. The number of rotatable bonds is 1. The van der Waals surface area contributed by atoms with Gasteiger partial charge in [0.25, 0.3) is 0 Å². The Kier molecular flexibility index (Phi) is 2.59. The number of benzene rings is 1. The Hall–Kier alpha value is -1.22. The summed E-state index contributed by atoms with van der Waals surface area (Å²) in [5.41, 5.74) is 13.6. The summed E-state index contributed by atoms with van der Waals surface area (Å²) < 4.78 is 0. The number of hydrogen-bond acceptors (Lipinski definition) is 3. The van der Waals surface area contributed by atoms with Crippen LogP contribution in [0.25, 0.3) is 0 Å². The molecule has 0 amide bonds. The van der Waals surface area contributed by atoms with E-state index in [2.05, 4.69) is 11.0 Å². The second kappa shape index (κ2) is 3.88. The second-order valence-corrected chi connectivity index (χ2v) is 3.92. The van der Waals surface area contributed by atoms with Gasteiger partial charge in [-0.15, -0.1) is 0 Å². The summed E-state index contributed by atoms with van der Waals surface area (Å²) in [6, 6.07) is 8.43. The zero-order valence-corrected chi connectivity index (χ0v) is 8.32. The van der Waals surface area contributed by atoms with Gasteiger partial charge in [0.2, 0.25) is 0 Å². The zero-order chi connectivity index (χ0) is 9.97. The van der Waals surface area contributed by atoms with Crippen LogP contribution in [-0.4, -0.2) is 19.1 Å². The number of nitrogens with two attached hydrogens (primary N) is 2. The molecule has 1 aliphatic rings. The lowest BCUT2D eigenvalue weighted by molar-refractivity contribution is 0.501. The van der Waals surface area contributed by atoms with Gasteiger partial charge in [-0.05, 0) is 31.0 Å². The molecule has 4 N–H and O–H groups in total. The minimum Gasteiger partial charge on any atom is -0.399 e. The van der Waals surface area contributed by atoms with Gasteiger partial charge in [0.1, 0.15) is 0 Å². The van der Waals surface area contributed by atoms with Gasteiger partial charge in [-0.1, -0.05) is 6.07 Å². The van der Waals surface area contributed by atoms with Crippen LogP contribution in [0.15, 0.2) is 24.3 Å². The van der Waals surface area contributed by atoms with Crippen LogP contribution >= 0.6 is 0 Å². The van der Waals surface area contributed by atoms with Crippen LogP contribution in [0.1, 0.15) is 12.8 Å². The van der Waals surface area contributed by atoms with E-state index in [1.807, 2.05) is 18.2 Å². The lowest BCUT2D eigenvalue weighted by atomic mass is 10.1. The van der Waals surface area contributed by atoms with Crippen molar-refractivity contribution in [2.45, 2.75) is 18.9 Å². The first kappa shape index (κ1) is 9.34. The standard InChI is InChI=1S/C11H17N3/c12-9-4-6-14(7-5-9)11-3-1-2-10(13)8-11/h1-3,8-9H,4-7,12-13H2. The van der Waals surface area contributed by atoms with Gasteiger partial charge in [0.05, 0.1) is 0 Å². The number of piperidine rings is 1. The highest BCUT2D eigenvalue weighted by Crippen LogP contribution is 2.21. The maximum absolute atomic E-state index is 5.85. The fourth-order valence-electron chi connectivity index (χ4n) is 1.88. The first-order valence-electron chi connectivity index (χ1n) is 5.12. The van der Waals surface area contributed by atoms with Gasteiger partial charge in [-0.2, -0.15) is 0 Å². The van der Waals surface area contributed by atoms with E-state index in [4.69, 9.17) is 11.5 Å². The normalized spacial score (nSPS) is 18.5. The van der Waals surface area contributed by atoms with Crippen LogP contribution < -0.4 is 16.4 Å². The first-order valence-corrected chi connectivity index (χ1v) is 5.12. The molecule has 1 fully saturated rings. The van der Waals surface area contributed by atoms with E-state index < -0.39 is 0 Å². The molecule has 1 heterocycles. The van der Waals surface area contributed by atoms with Crippen molar-refractivity contribution in [1.82, 2.24) is 0 Å². The van der Waals surface area contributed by atoms with Crippen molar-refractivity contribution in [1.29, 1.82) is 0 Å². The summed E-state index contributed by atoms with van der Waals surface area (Å²) in [6.07, 6.45) is 2.16. The highest BCUT2D eigenvalue weighted by atomic mass is 15.1. The third kappa shape index (κ3) is 1.99. The average molecular weight is 191 g/mol. The molecule has 76 valence electrons. The quantitative estimate of drug-likeness (QED) is 0.656. The fourth-order valence-corrected chi connectivity index (χ4v) is 1.88. The Morgan fingerprint density at radius 1 is 1.21 bits per heavy atom. The number of nitrogens with zero attached hydrogens (tertiary/aromatic N) is 1. The molecule has 0 saturated carbocycles. The van der Waals surface area contributed by atoms with Gasteiger partial charge in [0, 0.05) is 30.5 Å². The molecule has 0 atom stereocenters. The highest BCUT2D eigenvalue weighted by molar-refractivity contribution is 5.56. The predicted molar refractivity (Wildman–Crippen MR) is 60.3 cm³/mol. The van der Waals surface area contributed by atoms with Gasteiger partial charge in [-0.3, -0.25) is 0 Å². The van der Waals surface area contributed by atoms with Crippen LogP contribution in [0.2, 0.25) is 0 Å². The largest absolute Gasteiger partial charge is 0.399 e. The molecular formula is C11H17N3. The van der Waals surface area contributed by atoms with Crippen molar-refractivity contribution in [3.63, 3.8) is 0 Å². The Morgan fingerprint density at radius 3 is 2.57 bits per heavy atom. The molecule has 0 spiro atoms. The Labute approximate surface area is 84.7 Å². The van der Waals surface area contributed by atoms with Crippen LogP contribution in [-0.2, 0) is 0 Å². The van der Waals surface area contributed by atoms with Gasteiger partial charge in [-0.25, -0.2) is 0 Å². The molecule has 0 radical (unpaired) electrons. The Morgan fingerprint density at radius 2 is 1.93 bits per heavy atom.